The van der Waals surface area contributed by atoms with E-state index in [1.807, 2.05) is 30.3 Å². The number of halogens is 1. The van der Waals surface area contributed by atoms with Gasteiger partial charge >= 0.3 is 0 Å². The number of aryl methyl sites for hydroxylation is 1. The molecular weight excluding hydrogens is 379 g/mol. The molecule has 1 aliphatic rings. The van der Waals surface area contributed by atoms with E-state index < -0.39 is 0 Å². The van der Waals surface area contributed by atoms with Crippen molar-refractivity contribution >= 4 is 10.8 Å². The molecule has 0 bridgehead atoms. The number of methoxy groups -OCH3 is 1. The first kappa shape index (κ1) is 20.6. The van der Waals surface area contributed by atoms with Crippen molar-refractivity contribution in [1.82, 2.24) is 0 Å². The minimum atomic E-state index is -0.224. The molecule has 4 heteroatoms. The summed E-state index contributed by atoms with van der Waals surface area (Å²) in [6.07, 6.45) is 1.59. The molecule has 4 rings (SSSR count). The van der Waals surface area contributed by atoms with Gasteiger partial charge in [0.1, 0.15) is 5.82 Å². The second-order valence-corrected chi connectivity index (χ2v) is 7.61. The zero-order valence-corrected chi connectivity index (χ0v) is 17.1. The van der Waals surface area contributed by atoms with Crippen LogP contribution in [0.3, 0.4) is 0 Å². The average Bonchev–Trinajstić information content (AvgIpc) is 2.78. The summed E-state index contributed by atoms with van der Waals surface area (Å²) < 4.78 is 30.0. The third kappa shape index (κ3) is 5.46. The zero-order chi connectivity index (χ0) is 20.8. The number of hydrogen-bond donors (Lipinski definition) is 0. The largest absolute Gasteiger partial charge is 0.384 e. The predicted molar refractivity (Wildman–Crippen MR) is 116 cm³/mol. The van der Waals surface area contributed by atoms with Gasteiger partial charge in [-0.1, -0.05) is 36.1 Å². The molecule has 1 fully saturated rings. The highest BCUT2D eigenvalue weighted by molar-refractivity contribution is 5.83. The first-order valence-electron chi connectivity index (χ1n) is 10.2. The van der Waals surface area contributed by atoms with Gasteiger partial charge < -0.3 is 14.2 Å². The Morgan fingerprint density at radius 1 is 0.900 bits per heavy atom. The maximum absolute atomic E-state index is 13.3. The van der Waals surface area contributed by atoms with E-state index in [1.54, 1.807) is 13.2 Å². The van der Waals surface area contributed by atoms with Crippen molar-refractivity contribution < 1.29 is 18.6 Å². The van der Waals surface area contributed by atoms with Crippen molar-refractivity contribution in [3.05, 3.63) is 83.2 Å². The third-order valence-electron chi connectivity index (χ3n) is 5.21. The lowest BCUT2D eigenvalue weighted by molar-refractivity contribution is -0.208. The lowest BCUT2D eigenvalue weighted by Gasteiger charge is -2.29. The van der Waals surface area contributed by atoms with Crippen molar-refractivity contribution in [2.24, 2.45) is 5.92 Å². The van der Waals surface area contributed by atoms with Crippen molar-refractivity contribution in [2.45, 2.75) is 19.1 Å². The van der Waals surface area contributed by atoms with Crippen LogP contribution >= 0.6 is 0 Å². The summed E-state index contributed by atoms with van der Waals surface area (Å²) in [6.45, 7) is 2.06. The molecule has 0 unspecified atom stereocenters. The van der Waals surface area contributed by atoms with Gasteiger partial charge in [0.05, 0.1) is 19.8 Å². The quantitative estimate of drug-likeness (QED) is 0.564. The molecule has 0 aliphatic carbocycles. The van der Waals surface area contributed by atoms with Crippen LogP contribution in [-0.2, 0) is 20.6 Å². The molecule has 0 atom stereocenters. The topological polar surface area (TPSA) is 27.7 Å². The molecule has 0 radical (unpaired) electrons. The lowest BCUT2D eigenvalue weighted by Crippen LogP contribution is -2.34. The zero-order valence-electron chi connectivity index (χ0n) is 17.1. The molecule has 3 aromatic carbocycles. The van der Waals surface area contributed by atoms with Gasteiger partial charge in [-0.3, -0.25) is 0 Å². The Morgan fingerprint density at radius 2 is 1.57 bits per heavy atom. The van der Waals surface area contributed by atoms with Gasteiger partial charge in [-0.2, -0.15) is 0 Å². The fourth-order valence-electron chi connectivity index (χ4n) is 3.56. The highest BCUT2D eigenvalue weighted by atomic mass is 19.1. The van der Waals surface area contributed by atoms with E-state index in [9.17, 15) is 4.39 Å². The van der Waals surface area contributed by atoms with Crippen LogP contribution in [0.25, 0.3) is 10.8 Å². The number of ether oxygens (including phenoxy) is 3. The molecule has 1 aliphatic heterocycles. The van der Waals surface area contributed by atoms with Gasteiger partial charge in [0.25, 0.3) is 0 Å². The molecule has 0 spiro atoms. The van der Waals surface area contributed by atoms with Gasteiger partial charge in [-0.15, -0.1) is 0 Å². The van der Waals surface area contributed by atoms with Crippen LogP contribution in [-0.4, -0.2) is 33.2 Å². The van der Waals surface area contributed by atoms with E-state index in [0.717, 1.165) is 34.7 Å². The summed E-state index contributed by atoms with van der Waals surface area (Å²) in [6, 6.07) is 18.9. The van der Waals surface area contributed by atoms with E-state index in [1.165, 1.54) is 17.7 Å². The highest BCUT2D eigenvalue weighted by Gasteiger charge is 2.21. The van der Waals surface area contributed by atoms with E-state index >= 15 is 0 Å². The van der Waals surface area contributed by atoms with Crippen molar-refractivity contribution in [2.75, 3.05) is 26.9 Å². The molecule has 3 nitrogen and oxygen atoms in total. The Morgan fingerprint density at radius 3 is 2.33 bits per heavy atom. The maximum atomic E-state index is 13.3. The maximum Gasteiger partial charge on any atom is 0.157 e. The van der Waals surface area contributed by atoms with E-state index in [2.05, 4.69) is 24.0 Å². The second-order valence-electron chi connectivity index (χ2n) is 7.61. The van der Waals surface area contributed by atoms with Gasteiger partial charge in [-0.25, -0.2) is 4.39 Å². The van der Waals surface area contributed by atoms with Crippen molar-refractivity contribution in [3.63, 3.8) is 0 Å². The van der Waals surface area contributed by atoms with Crippen LogP contribution in [0.2, 0.25) is 0 Å². The third-order valence-corrected chi connectivity index (χ3v) is 5.21. The van der Waals surface area contributed by atoms with Gasteiger partial charge in [0, 0.05) is 30.6 Å². The minimum absolute atomic E-state index is 0.140. The normalized spacial score (nSPS) is 18.7. The Bertz CT molecular complexity index is 1040. The van der Waals surface area contributed by atoms with Crippen LogP contribution < -0.4 is 0 Å². The molecular formula is C26H25FO3. The summed E-state index contributed by atoms with van der Waals surface area (Å²) in [5, 5.41) is 1.87. The standard InChI is InChI=1S/C26H25FO3/c1-28-16-22-17-29-26(30-18-22)13-9-20-4-2-19(3-5-20)6-7-21-8-10-24-15-25(27)12-11-23(24)14-21/h2-5,8,10-12,14-15,22,26H,9,13,16-18H2,1H3. The second kappa shape index (κ2) is 9.86. The number of hydrogen-bond acceptors (Lipinski definition) is 3. The minimum Gasteiger partial charge on any atom is -0.384 e. The van der Waals surface area contributed by atoms with Crippen LogP contribution in [0.5, 0.6) is 0 Å². The van der Waals surface area contributed by atoms with Crippen LogP contribution in [0.4, 0.5) is 4.39 Å². The summed E-state index contributed by atoms with van der Waals surface area (Å²) >= 11 is 0. The summed E-state index contributed by atoms with van der Waals surface area (Å²) in [5.74, 6) is 6.50. The smallest absolute Gasteiger partial charge is 0.157 e. The lowest BCUT2D eigenvalue weighted by atomic mass is 10.1. The van der Waals surface area contributed by atoms with Crippen LogP contribution in [0.1, 0.15) is 23.1 Å². The monoisotopic (exact) mass is 404 g/mol. The molecule has 0 aromatic heterocycles. The SMILES string of the molecule is COCC1COC(CCc2ccc(C#Cc3ccc4cc(F)ccc4c3)cc2)OC1. The molecule has 154 valence electrons. The first-order valence-corrected chi connectivity index (χ1v) is 10.2. The summed E-state index contributed by atoms with van der Waals surface area (Å²) in [5.41, 5.74) is 3.11. The summed E-state index contributed by atoms with van der Waals surface area (Å²) in [7, 11) is 1.70. The van der Waals surface area contributed by atoms with Crippen molar-refractivity contribution in [1.29, 1.82) is 0 Å². The molecule has 3 aromatic rings. The summed E-state index contributed by atoms with van der Waals surface area (Å²) in [4.78, 5) is 0. The Balaban J connectivity index is 1.32. The molecule has 1 heterocycles. The Labute approximate surface area is 176 Å². The molecule has 0 amide bonds. The predicted octanol–water partition coefficient (Wildman–Crippen LogP) is 4.95. The van der Waals surface area contributed by atoms with Gasteiger partial charge in [0.2, 0.25) is 0 Å². The number of rotatable bonds is 5. The van der Waals surface area contributed by atoms with E-state index in [-0.39, 0.29) is 12.1 Å². The Hall–Kier alpha value is -2.71. The van der Waals surface area contributed by atoms with E-state index in [0.29, 0.717) is 25.7 Å². The van der Waals surface area contributed by atoms with Crippen LogP contribution in [0.15, 0.2) is 60.7 Å². The molecule has 0 N–H and O–H groups in total. The average molecular weight is 404 g/mol. The Kier molecular flexibility index (Phi) is 6.76. The fraction of sp³-hybridized carbons (Fsp3) is 0.308. The molecule has 0 saturated carbocycles. The molecule has 30 heavy (non-hydrogen) atoms. The van der Waals surface area contributed by atoms with Crippen molar-refractivity contribution in [3.8, 4) is 11.8 Å². The fourth-order valence-corrected chi connectivity index (χ4v) is 3.56. The number of benzene rings is 3. The number of fused-ring (bicyclic) bond motifs is 1. The molecule has 1 saturated heterocycles. The first-order chi connectivity index (χ1) is 14.7. The van der Waals surface area contributed by atoms with Gasteiger partial charge in [-0.05, 0) is 59.2 Å². The van der Waals surface area contributed by atoms with E-state index in [4.69, 9.17) is 14.2 Å². The van der Waals surface area contributed by atoms with Crippen LogP contribution in [0, 0.1) is 23.6 Å². The highest BCUT2D eigenvalue weighted by Crippen LogP contribution is 2.18. The van der Waals surface area contributed by atoms with Gasteiger partial charge in [0.15, 0.2) is 6.29 Å².